The SMILES string of the molecule is CC(C)(C)OC(=O)N1C2COCC1C(=O)C2.FC1(F)CC2COCC1N2.O=C(O)CS.O=C1CC2COCC1N2.O=C1CC2COCC1N2S(=O)(=O)c1ccccc1[N+](=O)[O-].O=[N+]([O-])c1ccccc1S(=O)(=O)Cl.O=[N+]([O-])c1ccccc1S(=O)(=O)N1C2COCC1C(F)(F)C2.[Li+].[OH-]. The maximum absolute atomic E-state index is 13.9. The molecule has 10 unspecified atom stereocenters. The molecule has 43 heteroatoms. The van der Waals surface area contributed by atoms with Crippen LogP contribution in [-0.2, 0) is 76.7 Å². The van der Waals surface area contributed by atoms with Crippen molar-refractivity contribution in [2.75, 3.05) is 71.8 Å². The predicted octanol–water partition coefficient (Wildman–Crippen LogP) is 0.730. The van der Waals surface area contributed by atoms with Crippen LogP contribution in [0.3, 0.4) is 0 Å². The minimum absolute atomic E-state index is 0. The van der Waals surface area contributed by atoms with Gasteiger partial charge in [0.15, 0.2) is 32.0 Å². The Morgan fingerprint density at radius 2 is 1.05 bits per heavy atom. The van der Waals surface area contributed by atoms with Gasteiger partial charge in [0.05, 0.1) is 117 Å². The fourth-order valence-electron chi connectivity index (χ4n) is 11.5. The number of amides is 1. The Morgan fingerprint density at radius 3 is 1.50 bits per heavy atom. The summed E-state index contributed by atoms with van der Waals surface area (Å²) in [5.74, 6) is -6.53. The van der Waals surface area contributed by atoms with E-state index >= 15 is 0 Å². The van der Waals surface area contributed by atoms with E-state index in [0.29, 0.717) is 62.0 Å². The number of nitrogens with zero attached hydrogens (tertiary/aromatic N) is 6. The number of hydrogen-bond donors (Lipinski definition) is 4. The molecule has 98 heavy (non-hydrogen) atoms. The van der Waals surface area contributed by atoms with E-state index in [1.165, 1.54) is 47.4 Å². The number of Topliss-reactive ketones (excluding diaryl/α,β-unsaturated/α-hetero) is 3. The van der Waals surface area contributed by atoms with E-state index in [1.54, 1.807) is 0 Å². The second kappa shape index (κ2) is 34.1. The van der Waals surface area contributed by atoms with E-state index < -0.39 is 150 Å². The summed E-state index contributed by atoms with van der Waals surface area (Å²) in [6.07, 6.45) is 0.0468. The molecule has 10 saturated heterocycles. The number of halogens is 5. The second-order valence-corrected chi connectivity index (χ2v) is 30.2. The van der Waals surface area contributed by atoms with Crippen LogP contribution < -0.4 is 29.5 Å². The number of carboxylic acid groups (broad SMARTS) is 1. The zero-order valence-electron chi connectivity index (χ0n) is 52.5. The van der Waals surface area contributed by atoms with Crippen LogP contribution in [0.2, 0.25) is 0 Å². The molecule has 10 bridgehead atoms. The van der Waals surface area contributed by atoms with Crippen molar-refractivity contribution in [2.24, 2.45) is 0 Å². The Kier molecular flexibility index (Phi) is 28.8. The minimum atomic E-state index is -4.41. The number of alkyl halides is 4. The molecular formula is C55H68ClF4LiN8O25S4. The first-order valence-corrected chi connectivity index (χ1v) is 34.9. The average molecular weight is 1490 g/mol. The number of benzene rings is 3. The number of nitro groups is 3. The van der Waals surface area contributed by atoms with Crippen molar-refractivity contribution in [3.8, 4) is 0 Å². The monoisotopic (exact) mass is 1490 g/mol. The number of nitro benzene ring substituents is 3. The fraction of sp³-hybridized carbons (Fsp3) is 0.582. The van der Waals surface area contributed by atoms with Gasteiger partial charge in [-0.25, -0.2) is 47.6 Å². The molecule has 10 aliphatic heterocycles. The van der Waals surface area contributed by atoms with Gasteiger partial charge in [-0.15, -0.1) is 0 Å². The molecule has 10 atom stereocenters. The number of carboxylic acids is 1. The number of ketones is 3. The number of carbonyl (C=O) groups is 5. The smallest absolute Gasteiger partial charge is 0.870 e. The molecule has 538 valence electrons. The van der Waals surface area contributed by atoms with Gasteiger partial charge in [-0.05, 0) is 39.0 Å². The number of aliphatic carboxylic acids is 1. The molecule has 0 spiro atoms. The third-order valence-corrected chi connectivity index (χ3v) is 21.3. The molecule has 3 aromatic carbocycles. The van der Waals surface area contributed by atoms with Crippen molar-refractivity contribution in [1.82, 2.24) is 24.1 Å². The van der Waals surface area contributed by atoms with Crippen LogP contribution in [-0.4, -0.2) is 243 Å². The van der Waals surface area contributed by atoms with Crippen molar-refractivity contribution < 1.29 is 139 Å². The minimum Gasteiger partial charge on any atom is -0.870 e. The van der Waals surface area contributed by atoms with E-state index in [0.717, 1.165) is 34.6 Å². The number of rotatable bonds is 9. The summed E-state index contributed by atoms with van der Waals surface area (Å²) < 4.78 is 158. The van der Waals surface area contributed by atoms with Gasteiger partial charge < -0.3 is 49.6 Å². The zero-order chi connectivity index (χ0) is 71.0. The summed E-state index contributed by atoms with van der Waals surface area (Å²) in [5.41, 5.74) is -2.16. The maximum atomic E-state index is 13.9. The summed E-state index contributed by atoms with van der Waals surface area (Å²) in [4.78, 5) is 85.7. The van der Waals surface area contributed by atoms with E-state index in [2.05, 4.69) is 23.3 Å². The molecule has 4 N–H and O–H groups in total. The Morgan fingerprint density at radius 1 is 0.612 bits per heavy atom. The van der Waals surface area contributed by atoms with Crippen LogP contribution >= 0.6 is 23.3 Å². The first-order chi connectivity index (χ1) is 44.8. The van der Waals surface area contributed by atoms with Gasteiger partial charge in [0, 0.05) is 73.1 Å². The second-order valence-electron chi connectivity index (χ2n) is 23.7. The number of hydrogen-bond acceptors (Lipinski definition) is 27. The molecule has 3 aromatic rings. The number of morpholine rings is 5. The summed E-state index contributed by atoms with van der Waals surface area (Å²) in [6, 6.07) is 9.57. The number of ether oxygens (including phenoxy) is 6. The number of sulfonamides is 2. The maximum Gasteiger partial charge on any atom is 1.00 e. The van der Waals surface area contributed by atoms with E-state index in [-0.39, 0.29) is 104 Å². The molecule has 33 nitrogen and oxygen atoms in total. The van der Waals surface area contributed by atoms with E-state index in [4.69, 9.17) is 44.2 Å². The van der Waals surface area contributed by atoms with E-state index in [1.807, 2.05) is 20.8 Å². The summed E-state index contributed by atoms with van der Waals surface area (Å²) in [6.45, 7) is 7.61. The number of fused-ring (bicyclic) bond motifs is 10. The largest absolute Gasteiger partial charge is 1.00 e. The van der Waals surface area contributed by atoms with Crippen LogP contribution in [0.5, 0.6) is 0 Å². The standard InChI is InChI=1S/C12H12F2N2O5S.C12H12N2O6S.C11H17NO4.C6H4ClNO4S.C6H9F2NO.C6H9NO2.C2H4O2S.Li.H2O/c13-12(14)5-8-6-21-7-11(12)15(8)22(19,20)10-4-2-1-3-9(10)16(17)18;15-11-5-8-6-20-7-10(11)13(8)21(18,19)12-4-2-1-3-9(12)14(16)17;1-11(2,3)16-10(14)12-7-4-9(13)8(12)6-15-5-7;7-13(11,12)6-4-2-1-3-5(6)8(9)10;7-6(8)1-4-2-10-3-5(6)9-4;8-6-1-4-2-9-3-5(6)7-4;3-2(4)1-5;;/h1-4,8,11H,5-7H2;1-4,8,10H,5-7H2;7-8H,4-6H2,1-3H3;1-4H;4-5,9H,1-3H2;4-5,7H,1-3H2;5H,1H2,(H,3,4);;1H2/q;;;;;;;+1;/p-1. The van der Waals surface area contributed by atoms with Gasteiger partial charge in [-0.2, -0.15) is 21.2 Å². The Labute approximate surface area is 579 Å². The van der Waals surface area contributed by atoms with Gasteiger partial charge in [-0.3, -0.25) is 54.4 Å². The summed E-state index contributed by atoms with van der Waals surface area (Å²) in [7, 11) is -7.60. The third kappa shape index (κ3) is 20.2. The molecule has 0 saturated carbocycles. The average Bonchev–Trinajstić information content (AvgIpc) is 1.56. The Balaban J connectivity index is 0.000000213. The number of thiol groups is 1. The summed E-state index contributed by atoms with van der Waals surface area (Å²) in [5, 5.41) is 46.0. The topological polar surface area (TPSA) is 457 Å². The fourth-order valence-corrected chi connectivity index (χ4v) is 16.5. The Hall–Kier alpha value is -5.98. The molecular weight excluding hydrogens is 1420 g/mol. The molecule has 10 fully saturated rings. The van der Waals surface area contributed by atoms with Crippen molar-refractivity contribution >= 4 is 98.9 Å². The number of para-hydroxylation sites is 3. The van der Waals surface area contributed by atoms with Crippen molar-refractivity contribution in [1.29, 1.82) is 0 Å². The first kappa shape index (κ1) is 82.7. The summed E-state index contributed by atoms with van der Waals surface area (Å²) >= 11 is 3.42. The van der Waals surface area contributed by atoms with Gasteiger partial charge >= 0.3 is 30.9 Å². The van der Waals surface area contributed by atoms with Crippen LogP contribution in [0.4, 0.5) is 39.4 Å². The van der Waals surface area contributed by atoms with Crippen molar-refractivity contribution in [3.05, 3.63) is 103 Å². The normalized spacial score (nSPS) is 26.7. The van der Waals surface area contributed by atoms with Crippen LogP contribution in [0, 0.1) is 30.3 Å². The molecule has 13 rings (SSSR count). The molecule has 0 aromatic heterocycles. The zero-order valence-corrected chi connectivity index (χ0v) is 56.6. The van der Waals surface area contributed by atoms with Gasteiger partial charge in [0.1, 0.15) is 23.7 Å². The predicted molar refractivity (Wildman–Crippen MR) is 328 cm³/mol. The van der Waals surface area contributed by atoms with E-state index in [9.17, 15) is 97.1 Å². The van der Waals surface area contributed by atoms with Crippen LogP contribution in [0.1, 0.15) is 52.9 Å². The molecule has 0 aliphatic carbocycles. The molecule has 10 heterocycles. The molecule has 1 amide bonds. The number of nitrogens with one attached hydrogen (secondary N) is 2. The van der Waals surface area contributed by atoms with Gasteiger partial charge in [0.25, 0.3) is 58.0 Å². The third-order valence-electron chi connectivity index (χ3n) is 15.7. The van der Waals surface area contributed by atoms with Crippen LogP contribution in [0.15, 0.2) is 87.5 Å². The van der Waals surface area contributed by atoms with Crippen molar-refractivity contribution in [3.63, 3.8) is 0 Å². The van der Waals surface area contributed by atoms with Gasteiger partial charge in [0.2, 0.25) is 0 Å². The molecule has 0 radical (unpaired) electrons. The molecule has 10 aliphatic rings. The van der Waals surface area contributed by atoms with Crippen molar-refractivity contribution in [2.45, 2.75) is 145 Å². The van der Waals surface area contributed by atoms with Gasteiger partial charge in [-0.1, -0.05) is 36.4 Å². The first-order valence-electron chi connectivity index (χ1n) is 29.1. The number of carbonyl (C=O) groups excluding carboxylic acids is 4. The van der Waals surface area contributed by atoms with Crippen LogP contribution in [0.25, 0.3) is 0 Å². The Bertz CT molecular complexity index is 3780. The quantitative estimate of drug-likeness (QED) is 0.0573.